The topological polar surface area (TPSA) is 9.23 Å². The largest absolute Gasteiger partial charge is 0.373 e. The van der Waals surface area contributed by atoms with Crippen molar-refractivity contribution in [3.8, 4) is 0 Å². The summed E-state index contributed by atoms with van der Waals surface area (Å²) in [6.45, 7) is 9.43. The lowest BCUT2D eigenvalue weighted by atomic mass is 9.58. The minimum absolute atomic E-state index is 0.465. The number of fused-ring (bicyclic) bond motifs is 2. The van der Waals surface area contributed by atoms with E-state index in [1.807, 2.05) is 0 Å². The standard InChI is InChI=1S/C12H22O/c1-5-6-9-8(2)7-10-12(3,4)11(9)13-10/h8-11H,5-7H2,1-4H3. The van der Waals surface area contributed by atoms with E-state index in [-0.39, 0.29) is 0 Å². The van der Waals surface area contributed by atoms with Crippen molar-refractivity contribution < 1.29 is 4.74 Å². The molecule has 0 aromatic carbocycles. The fourth-order valence-electron chi connectivity index (χ4n) is 3.23. The Balaban J connectivity index is 2.08. The van der Waals surface area contributed by atoms with Gasteiger partial charge in [-0.1, -0.05) is 34.1 Å². The third-order valence-corrected chi connectivity index (χ3v) is 4.20. The minimum atomic E-state index is 0.465. The fourth-order valence-corrected chi connectivity index (χ4v) is 3.23. The van der Waals surface area contributed by atoms with Crippen LogP contribution < -0.4 is 0 Å². The summed E-state index contributed by atoms with van der Waals surface area (Å²) in [5, 5.41) is 0. The second-order valence-corrected chi connectivity index (χ2v) is 5.53. The molecule has 2 saturated heterocycles. The molecule has 0 radical (unpaired) electrons. The fraction of sp³-hybridized carbons (Fsp3) is 1.00. The van der Waals surface area contributed by atoms with E-state index in [2.05, 4.69) is 27.7 Å². The van der Waals surface area contributed by atoms with Crippen LogP contribution in [0.2, 0.25) is 0 Å². The van der Waals surface area contributed by atoms with E-state index < -0.39 is 0 Å². The quantitative estimate of drug-likeness (QED) is 0.637. The van der Waals surface area contributed by atoms with Crippen molar-refractivity contribution in [3.63, 3.8) is 0 Å². The first-order valence-electron chi connectivity index (χ1n) is 5.72. The van der Waals surface area contributed by atoms with Crippen LogP contribution in [0.25, 0.3) is 0 Å². The average Bonchev–Trinajstić information content (AvgIpc) is 2.08. The monoisotopic (exact) mass is 182 g/mol. The summed E-state index contributed by atoms with van der Waals surface area (Å²) in [6, 6.07) is 0. The smallest absolute Gasteiger partial charge is 0.0685 e. The highest BCUT2D eigenvalue weighted by Crippen LogP contribution is 2.55. The molecule has 2 bridgehead atoms. The van der Waals surface area contributed by atoms with Crippen LogP contribution in [0.4, 0.5) is 0 Å². The molecule has 1 nitrogen and oxygen atoms in total. The zero-order valence-corrected chi connectivity index (χ0v) is 9.34. The van der Waals surface area contributed by atoms with Crippen LogP contribution in [0.3, 0.4) is 0 Å². The van der Waals surface area contributed by atoms with Crippen molar-refractivity contribution in [2.24, 2.45) is 17.3 Å². The van der Waals surface area contributed by atoms with Crippen LogP contribution in [-0.4, -0.2) is 12.2 Å². The molecule has 0 N–H and O–H groups in total. The van der Waals surface area contributed by atoms with E-state index in [1.165, 1.54) is 19.3 Å². The molecular weight excluding hydrogens is 160 g/mol. The lowest BCUT2D eigenvalue weighted by molar-refractivity contribution is -0.297. The van der Waals surface area contributed by atoms with E-state index in [1.54, 1.807) is 0 Å². The van der Waals surface area contributed by atoms with Gasteiger partial charge in [0.25, 0.3) is 0 Å². The molecule has 1 heteroatoms. The predicted octanol–water partition coefficient (Wildman–Crippen LogP) is 3.24. The van der Waals surface area contributed by atoms with Crippen molar-refractivity contribution in [1.29, 1.82) is 0 Å². The maximum atomic E-state index is 5.93. The normalized spacial score (nSPS) is 47.1. The zero-order valence-electron chi connectivity index (χ0n) is 9.34. The SMILES string of the molecule is CCCC1C(C)CC2OC1C2(C)C. The molecule has 13 heavy (non-hydrogen) atoms. The number of rotatable bonds is 2. The summed E-state index contributed by atoms with van der Waals surface area (Å²) >= 11 is 0. The molecule has 1 saturated carbocycles. The van der Waals surface area contributed by atoms with Crippen molar-refractivity contribution in [1.82, 2.24) is 0 Å². The number of hydrogen-bond donors (Lipinski definition) is 0. The van der Waals surface area contributed by atoms with E-state index in [0.717, 1.165) is 11.8 Å². The van der Waals surface area contributed by atoms with Crippen molar-refractivity contribution in [2.75, 3.05) is 0 Å². The van der Waals surface area contributed by atoms with Gasteiger partial charge in [-0.25, -0.2) is 0 Å². The van der Waals surface area contributed by atoms with Gasteiger partial charge in [-0.05, 0) is 24.7 Å². The molecule has 4 unspecified atom stereocenters. The summed E-state index contributed by atoms with van der Waals surface area (Å²) in [6.07, 6.45) is 5.05. The van der Waals surface area contributed by atoms with E-state index >= 15 is 0 Å². The first kappa shape index (κ1) is 9.51. The van der Waals surface area contributed by atoms with Gasteiger partial charge in [0.2, 0.25) is 0 Å². The third kappa shape index (κ3) is 1.24. The predicted molar refractivity (Wildman–Crippen MR) is 54.6 cm³/mol. The Hall–Kier alpha value is -0.0400. The van der Waals surface area contributed by atoms with Crippen molar-refractivity contribution in [3.05, 3.63) is 0 Å². The molecular formula is C12H22O. The van der Waals surface area contributed by atoms with Crippen LogP contribution in [0, 0.1) is 17.3 Å². The average molecular weight is 182 g/mol. The summed E-state index contributed by atoms with van der Waals surface area (Å²) in [5.74, 6) is 1.71. The first-order valence-corrected chi connectivity index (χ1v) is 5.72. The highest BCUT2D eigenvalue weighted by Gasteiger charge is 2.57. The van der Waals surface area contributed by atoms with Crippen LogP contribution >= 0.6 is 0 Å². The maximum absolute atomic E-state index is 5.93. The molecule has 2 aliphatic heterocycles. The Labute approximate surface area is 81.9 Å². The molecule has 0 spiro atoms. The molecule has 0 aromatic heterocycles. The van der Waals surface area contributed by atoms with E-state index in [0.29, 0.717) is 17.6 Å². The lowest BCUT2D eigenvalue weighted by Gasteiger charge is -2.61. The Morgan fingerprint density at radius 3 is 2.62 bits per heavy atom. The summed E-state index contributed by atoms with van der Waals surface area (Å²) in [7, 11) is 0. The van der Waals surface area contributed by atoms with Crippen LogP contribution in [-0.2, 0) is 4.74 Å². The summed E-state index contributed by atoms with van der Waals surface area (Å²) in [4.78, 5) is 0. The molecule has 3 aliphatic rings. The van der Waals surface area contributed by atoms with Gasteiger partial charge in [-0.15, -0.1) is 0 Å². The van der Waals surface area contributed by atoms with Crippen molar-refractivity contribution in [2.45, 2.75) is 59.2 Å². The number of hydrogen-bond acceptors (Lipinski definition) is 1. The van der Waals surface area contributed by atoms with Gasteiger partial charge in [0.15, 0.2) is 0 Å². The van der Waals surface area contributed by atoms with Crippen LogP contribution in [0.5, 0.6) is 0 Å². The van der Waals surface area contributed by atoms with Gasteiger partial charge in [0.1, 0.15) is 0 Å². The van der Waals surface area contributed by atoms with Crippen LogP contribution in [0.1, 0.15) is 47.0 Å². The zero-order chi connectivity index (χ0) is 9.64. The molecule has 1 aliphatic carbocycles. The molecule has 4 atom stereocenters. The molecule has 2 heterocycles. The highest BCUT2D eigenvalue weighted by atomic mass is 16.5. The summed E-state index contributed by atoms with van der Waals surface area (Å²) in [5.41, 5.74) is 0.465. The maximum Gasteiger partial charge on any atom is 0.0685 e. The minimum Gasteiger partial charge on any atom is -0.373 e. The first-order chi connectivity index (χ1) is 6.07. The van der Waals surface area contributed by atoms with Gasteiger partial charge in [0, 0.05) is 5.41 Å². The highest BCUT2D eigenvalue weighted by molar-refractivity contribution is 5.05. The molecule has 0 aromatic rings. The summed E-state index contributed by atoms with van der Waals surface area (Å²) < 4.78 is 5.93. The van der Waals surface area contributed by atoms with E-state index in [9.17, 15) is 0 Å². The lowest BCUT2D eigenvalue weighted by Crippen LogP contribution is -2.64. The van der Waals surface area contributed by atoms with Gasteiger partial charge >= 0.3 is 0 Å². The molecule has 0 amide bonds. The van der Waals surface area contributed by atoms with Gasteiger partial charge in [-0.2, -0.15) is 0 Å². The Morgan fingerprint density at radius 1 is 1.38 bits per heavy atom. The van der Waals surface area contributed by atoms with Gasteiger partial charge < -0.3 is 4.74 Å². The van der Waals surface area contributed by atoms with Crippen LogP contribution in [0.15, 0.2) is 0 Å². The van der Waals surface area contributed by atoms with Gasteiger partial charge in [0.05, 0.1) is 12.2 Å². The van der Waals surface area contributed by atoms with E-state index in [4.69, 9.17) is 4.74 Å². The van der Waals surface area contributed by atoms with Gasteiger partial charge in [-0.3, -0.25) is 0 Å². The Kier molecular flexibility index (Phi) is 2.18. The van der Waals surface area contributed by atoms with Crippen molar-refractivity contribution >= 4 is 0 Å². The second-order valence-electron chi connectivity index (χ2n) is 5.53. The molecule has 3 fully saturated rings. The molecule has 76 valence electrons. The Morgan fingerprint density at radius 2 is 2.08 bits per heavy atom. The third-order valence-electron chi connectivity index (χ3n) is 4.20. The second kappa shape index (κ2) is 2.98. The number of ether oxygens (including phenoxy) is 1. The molecule has 3 rings (SSSR count). The Bertz CT molecular complexity index is 197.